The summed E-state index contributed by atoms with van der Waals surface area (Å²) in [5.41, 5.74) is 8.22. The Morgan fingerprint density at radius 1 is 1.04 bits per heavy atom. The largest absolute Gasteiger partial charge is 0.245 e. The Kier molecular flexibility index (Phi) is 3.53. The number of aromatic nitrogens is 1. The summed E-state index contributed by atoms with van der Waals surface area (Å²) in [6, 6.07) is 7.99. The van der Waals surface area contributed by atoms with Gasteiger partial charge in [0.15, 0.2) is 0 Å². The van der Waals surface area contributed by atoms with Crippen molar-refractivity contribution in [1.82, 2.24) is 4.98 Å². The van der Waals surface area contributed by atoms with E-state index in [2.05, 4.69) is 31.0 Å². The van der Waals surface area contributed by atoms with Crippen LogP contribution < -0.4 is 0 Å². The Balaban J connectivity index is 1.90. The molecule has 0 saturated heterocycles. The molecule has 0 N–H and O–H groups in total. The van der Waals surface area contributed by atoms with Crippen LogP contribution in [-0.2, 0) is 12.8 Å². The summed E-state index contributed by atoms with van der Waals surface area (Å²) >= 11 is 1.66. The van der Waals surface area contributed by atoms with Gasteiger partial charge in [0.2, 0.25) is 0 Å². The maximum atomic E-state index is 14.0. The zero-order valence-electron chi connectivity index (χ0n) is 13.3. The van der Waals surface area contributed by atoms with E-state index in [1.807, 2.05) is 17.6 Å². The van der Waals surface area contributed by atoms with Crippen molar-refractivity contribution in [3.63, 3.8) is 0 Å². The minimum atomic E-state index is -0.0454. The van der Waals surface area contributed by atoms with Crippen molar-refractivity contribution in [3.05, 3.63) is 63.9 Å². The first-order valence-electron chi connectivity index (χ1n) is 7.97. The normalized spacial score (nSPS) is 13.3. The summed E-state index contributed by atoms with van der Waals surface area (Å²) in [7, 11) is 0. The van der Waals surface area contributed by atoms with Crippen LogP contribution in [0.25, 0.3) is 21.7 Å². The van der Waals surface area contributed by atoms with Gasteiger partial charge in [0.25, 0.3) is 0 Å². The van der Waals surface area contributed by atoms with Crippen LogP contribution in [0.5, 0.6) is 0 Å². The number of benzene rings is 2. The minimum Gasteiger partial charge on any atom is -0.245 e. The van der Waals surface area contributed by atoms with E-state index in [1.165, 1.54) is 27.8 Å². The highest BCUT2D eigenvalue weighted by Crippen LogP contribution is 2.38. The Morgan fingerprint density at radius 2 is 1.78 bits per heavy atom. The lowest BCUT2D eigenvalue weighted by Gasteiger charge is -2.16. The maximum Gasteiger partial charge on any atom is 0.126 e. The van der Waals surface area contributed by atoms with Gasteiger partial charge in [-0.15, -0.1) is 11.3 Å². The van der Waals surface area contributed by atoms with Crippen molar-refractivity contribution >= 4 is 11.3 Å². The highest BCUT2D eigenvalue weighted by atomic mass is 32.1. The molecule has 1 aliphatic carbocycles. The molecule has 0 spiro atoms. The summed E-state index contributed by atoms with van der Waals surface area (Å²) in [6.45, 7) is 4.29. The predicted molar refractivity (Wildman–Crippen MR) is 94.4 cm³/mol. The zero-order chi connectivity index (χ0) is 16.0. The fourth-order valence-corrected chi connectivity index (χ4v) is 4.40. The molecule has 0 unspecified atom stereocenters. The van der Waals surface area contributed by atoms with Gasteiger partial charge in [-0.25, -0.2) is 9.37 Å². The second-order valence-electron chi connectivity index (χ2n) is 6.23. The van der Waals surface area contributed by atoms with Gasteiger partial charge in [-0.1, -0.05) is 6.07 Å². The smallest absolute Gasteiger partial charge is 0.126 e. The fraction of sp³-hybridized carbons (Fsp3) is 0.250. The van der Waals surface area contributed by atoms with Crippen LogP contribution in [0, 0.1) is 19.7 Å². The molecule has 23 heavy (non-hydrogen) atoms. The molecule has 2 aromatic carbocycles. The fourth-order valence-electron chi connectivity index (χ4n) is 3.77. The van der Waals surface area contributed by atoms with Crippen molar-refractivity contribution in [1.29, 1.82) is 0 Å². The van der Waals surface area contributed by atoms with E-state index in [4.69, 9.17) is 0 Å². The zero-order valence-corrected chi connectivity index (χ0v) is 14.1. The van der Waals surface area contributed by atoms with Gasteiger partial charge >= 0.3 is 0 Å². The molecule has 0 atom stereocenters. The Hall–Kier alpha value is -2.00. The topological polar surface area (TPSA) is 12.9 Å². The molecule has 0 radical (unpaired) electrons. The molecule has 1 heterocycles. The van der Waals surface area contributed by atoms with Gasteiger partial charge in [0, 0.05) is 17.1 Å². The first-order valence-corrected chi connectivity index (χ1v) is 8.85. The summed E-state index contributed by atoms with van der Waals surface area (Å²) in [5.74, 6) is -0.0454. The quantitative estimate of drug-likeness (QED) is 0.587. The van der Waals surface area contributed by atoms with Crippen LogP contribution in [0.1, 0.15) is 28.7 Å². The van der Waals surface area contributed by atoms with Crippen LogP contribution in [0.2, 0.25) is 0 Å². The van der Waals surface area contributed by atoms with E-state index in [0.717, 1.165) is 35.4 Å². The molecule has 0 fully saturated rings. The van der Waals surface area contributed by atoms with Gasteiger partial charge in [-0.05, 0) is 84.7 Å². The number of aryl methyl sites for hydroxylation is 2. The standard InChI is InChI=1S/C20H18FNS/c1-12-10-14(20-22-8-9-23-20)11-13(2)19(12)17-6-7-18(21)16-5-3-4-15(16)17/h6-11H,3-5H2,1-2H3. The van der Waals surface area contributed by atoms with Crippen LogP contribution in [0.3, 0.4) is 0 Å². The minimum absolute atomic E-state index is 0.0454. The molecule has 0 amide bonds. The van der Waals surface area contributed by atoms with Gasteiger partial charge in [0.05, 0.1) is 0 Å². The summed E-state index contributed by atoms with van der Waals surface area (Å²) in [6.07, 6.45) is 4.74. The second kappa shape index (κ2) is 5.57. The molecule has 116 valence electrons. The summed E-state index contributed by atoms with van der Waals surface area (Å²) in [5, 5.41) is 3.05. The first-order chi connectivity index (χ1) is 11.1. The summed E-state index contributed by atoms with van der Waals surface area (Å²) in [4.78, 5) is 4.41. The number of nitrogens with zero attached hydrogens (tertiary/aromatic N) is 1. The Morgan fingerprint density at radius 3 is 2.48 bits per heavy atom. The van der Waals surface area contributed by atoms with Crippen molar-refractivity contribution in [2.45, 2.75) is 33.1 Å². The number of hydrogen-bond donors (Lipinski definition) is 0. The highest BCUT2D eigenvalue weighted by molar-refractivity contribution is 7.13. The van der Waals surface area contributed by atoms with Crippen LogP contribution >= 0.6 is 11.3 Å². The molecule has 1 aromatic heterocycles. The molecule has 1 nitrogen and oxygen atoms in total. The van der Waals surface area contributed by atoms with Crippen molar-refractivity contribution < 1.29 is 4.39 Å². The lowest BCUT2D eigenvalue weighted by molar-refractivity contribution is 0.613. The van der Waals surface area contributed by atoms with E-state index >= 15 is 0 Å². The molecule has 0 bridgehead atoms. The average Bonchev–Trinajstić information content (AvgIpc) is 3.20. The van der Waals surface area contributed by atoms with Crippen LogP contribution in [-0.4, -0.2) is 4.98 Å². The Bertz CT molecular complexity index is 858. The average molecular weight is 323 g/mol. The van der Waals surface area contributed by atoms with E-state index in [1.54, 1.807) is 17.4 Å². The lowest BCUT2D eigenvalue weighted by Crippen LogP contribution is -1.97. The van der Waals surface area contributed by atoms with Gasteiger partial charge in [-0.2, -0.15) is 0 Å². The molecule has 1 aliphatic rings. The van der Waals surface area contributed by atoms with Crippen LogP contribution in [0.15, 0.2) is 35.8 Å². The van der Waals surface area contributed by atoms with Gasteiger partial charge in [-0.3, -0.25) is 0 Å². The predicted octanol–water partition coefficient (Wildman–Crippen LogP) is 5.72. The first kappa shape index (κ1) is 14.6. The second-order valence-corrected chi connectivity index (χ2v) is 7.12. The number of rotatable bonds is 2. The van der Waals surface area contributed by atoms with Gasteiger partial charge < -0.3 is 0 Å². The third kappa shape index (κ3) is 2.40. The number of hydrogen-bond acceptors (Lipinski definition) is 2. The molecular weight excluding hydrogens is 305 g/mol. The molecule has 4 rings (SSSR count). The van der Waals surface area contributed by atoms with Crippen molar-refractivity contribution in [2.24, 2.45) is 0 Å². The molecule has 0 aliphatic heterocycles. The highest BCUT2D eigenvalue weighted by Gasteiger charge is 2.21. The van der Waals surface area contributed by atoms with E-state index in [9.17, 15) is 4.39 Å². The van der Waals surface area contributed by atoms with Gasteiger partial charge in [0.1, 0.15) is 10.8 Å². The molecule has 3 aromatic rings. The number of thiazole rings is 1. The van der Waals surface area contributed by atoms with Crippen molar-refractivity contribution in [3.8, 4) is 21.7 Å². The monoisotopic (exact) mass is 323 g/mol. The SMILES string of the molecule is Cc1cc(-c2nccs2)cc(C)c1-c1ccc(F)c2c1CCC2. The summed E-state index contributed by atoms with van der Waals surface area (Å²) < 4.78 is 14.0. The maximum absolute atomic E-state index is 14.0. The van der Waals surface area contributed by atoms with E-state index in [0.29, 0.717) is 0 Å². The van der Waals surface area contributed by atoms with Crippen LogP contribution in [0.4, 0.5) is 4.39 Å². The molecule has 0 saturated carbocycles. The lowest BCUT2D eigenvalue weighted by atomic mass is 9.89. The van der Waals surface area contributed by atoms with E-state index in [-0.39, 0.29) is 5.82 Å². The number of halogens is 1. The Labute approximate surface area is 139 Å². The number of fused-ring (bicyclic) bond motifs is 1. The molecule has 3 heteroatoms. The third-order valence-electron chi connectivity index (χ3n) is 4.71. The molecular formula is C20H18FNS. The van der Waals surface area contributed by atoms with E-state index < -0.39 is 0 Å². The third-order valence-corrected chi connectivity index (χ3v) is 5.53. The van der Waals surface area contributed by atoms with Crippen molar-refractivity contribution in [2.75, 3.05) is 0 Å².